The number of nitrogens with zero attached hydrogens (tertiary/aromatic N) is 3. The van der Waals surface area contributed by atoms with E-state index in [9.17, 15) is 0 Å². The first-order valence-corrected chi connectivity index (χ1v) is 8.78. The summed E-state index contributed by atoms with van der Waals surface area (Å²) < 4.78 is 17.5. The Morgan fingerprint density at radius 3 is 2.77 bits per heavy atom. The molecule has 26 heavy (non-hydrogen) atoms. The Hall–Kier alpha value is -2.86. The molecule has 6 nitrogen and oxygen atoms in total. The molecule has 1 saturated heterocycles. The van der Waals surface area contributed by atoms with Crippen molar-refractivity contribution in [3.8, 4) is 0 Å². The summed E-state index contributed by atoms with van der Waals surface area (Å²) in [7, 11) is 0. The maximum absolute atomic E-state index is 5.94. The van der Waals surface area contributed by atoms with Gasteiger partial charge in [0, 0.05) is 24.7 Å². The van der Waals surface area contributed by atoms with Gasteiger partial charge in [0.05, 0.1) is 13.2 Å². The second-order valence-corrected chi connectivity index (χ2v) is 6.61. The van der Waals surface area contributed by atoms with E-state index in [4.69, 9.17) is 13.6 Å². The third kappa shape index (κ3) is 2.45. The fourth-order valence-electron chi connectivity index (χ4n) is 3.61. The first-order valence-electron chi connectivity index (χ1n) is 8.78. The molecule has 0 amide bonds. The molecule has 6 heteroatoms. The highest BCUT2D eigenvalue weighted by atomic mass is 16.5. The summed E-state index contributed by atoms with van der Waals surface area (Å²) in [5.41, 5.74) is 5.67. The van der Waals surface area contributed by atoms with Crippen molar-refractivity contribution in [3.05, 3.63) is 53.7 Å². The summed E-state index contributed by atoms with van der Waals surface area (Å²) in [4.78, 5) is 11.4. The number of aryl methyl sites for hydroxylation is 2. The van der Waals surface area contributed by atoms with Crippen molar-refractivity contribution < 1.29 is 13.6 Å². The molecule has 132 valence electrons. The maximum Gasteiger partial charge on any atom is 0.226 e. The van der Waals surface area contributed by atoms with Crippen LogP contribution >= 0.6 is 0 Å². The van der Waals surface area contributed by atoms with E-state index in [-0.39, 0.29) is 6.10 Å². The fourth-order valence-corrected chi connectivity index (χ4v) is 3.61. The number of benzene rings is 2. The minimum atomic E-state index is -0.190. The molecule has 0 radical (unpaired) electrons. The van der Waals surface area contributed by atoms with Gasteiger partial charge in [-0.3, -0.25) is 0 Å². The van der Waals surface area contributed by atoms with Gasteiger partial charge in [-0.2, -0.15) is 0 Å². The van der Waals surface area contributed by atoms with Crippen molar-refractivity contribution in [2.75, 3.05) is 24.6 Å². The third-order valence-electron chi connectivity index (χ3n) is 4.89. The average molecular weight is 349 g/mol. The summed E-state index contributed by atoms with van der Waals surface area (Å²) >= 11 is 0. The Balaban J connectivity index is 1.48. The molecule has 3 heterocycles. The second-order valence-electron chi connectivity index (χ2n) is 6.61. The molecule has 0 bridgehead atoms. The van der Waals surface area contributed by atoms with Crippen molar-refractivity contribution in [3.63, 3.8) is 0 Å². The van der Waals surface area contributed by atoms with Crippen LogP contribution in [0.5, 0.6) is 0 Å². The van der Waals surface area contributed by atoms with Crippen LogP contribution in [0.15, 0.2) is 45.2 Å². The van der Waals surface area contributed by atoms with Crippen molar-refractivity contribution in [1.82, 2.24) is 9.97 Å². The van der Waals surface area contributed by atoms with E-state index < -0.39 is 0 Å². The molecule has 1 fully saturated rings. The largest absolute Gasteiger partial charge is 0.441 e. The quantitative estimate of drug-likeness (QED) is 0.541. The zero-order chi connectivity index (χ0) is 17.7. The molecule has 1 aliphatic heterocycles. The van der Waals surface area contributed by atoms with Gasteiger partial charge in [0.25, 0.3) is 0 Å². The molecule has 0 aliphatic carbocycles. The minimum absolute atomic E-state index is 0.190. The first kappa shape index (κ1) is 15.4. The van der Waals surface area contributed by atoms with E-state index in [1.807, 2.05) is 37.3 Å². The highest BCUT2D eigenvalue weighted by Gasteiger charge is 2.27. The van der Waals surface area contributed by atoms with Crippen LogP contribution in [-0.2, 0) is 4.74 Å². The maximum atomic E-state index is 5.94. The lowest BCUT2D eigenvalue weighted by Gasteiger charge is -2.34. The van der Waals surface area contributed by atoms with E-state index in [0.717, 1.165) is 40.0 Å². The first-order chi connectivity index (χ1) is 12.7. The second kappa shape index (κ2) is 5.85. The SMILES string of the molecule is Cc1nc2c(C)c(N3CCOC(c4nc5ccccc5o4)C3)ccc2o1. The zero-order valence-corrected chi connectivity index (χ0v) is 14.7. The fraction of sp³-hybridized carbons (Fsp3) is 0.300. The molecule has 0 N–H and O–H groups in total. The van der Waals surface area contributed by atoms with Crippen LogP contribution < -0.4 is 4.90 Å². The molecular formula is C20H19N3O3. The third-order valence-corrected chi connectivity index (χ3v) is 4.89. The van der Waals surface area contributed by atoms with Gasteiger partial charge in [-0.25, -0.2) is 9.97 Å². The van der Waals surface area contributed by atoms with Crippen LogP contribution in [0.1, 0.15) is 23.4 Å². The van der Waals surface area contributed by atoms with Gasteiger partial charge in [-0.15, -0.1) is 0 Å². The number of ether oxygens (including phenoxy) is 1. The monoisotopic (exact) mass is 349 g/mol. The summed E-state index contributed by atoms with van der Waals surface area (Å²) in [6.07, 6.45) is -0.190. The molecule has 5 rings (SSSR count). The highest BCUT2D eigenvalue weighted by molar-refractivity contribution is 5.83. The van der Waals surface area contributed by atoms with Gasteiger partial charge in [0.15, 0.2) is 23.2 Å². The van der Waals surface area contributed by atoms with Gasteiger partial charge >= 0.3 is 0 Å². The molecule has 0 spiro atoms. The molecule has 1 atom stereocenters. The van der Waals surface area contributed by atoms with Gasteiger partial charge in [0.1, 0.15) is 11.0 Å². The lowest BCUT2D eigenvalue weighted by molar-refractivity contribution is 0.0232. The zero-order valence-electron chi connectivity index (χ0n) is 14.7. The van der Waals surface area contributed by atoms with E-state index in [2.05, 4.69) is 27.9 Å². The Bertz CT molecular complexity index is 1070. The topological polar surface area (TPSA) is 64.5 Å². The van der Waals surface area contributed by atoms with Gasteiger partial charge in [-0.05, 0) is 31.2 Å². The molecule has 0 saturated carbocycles. The highest BCUT2D eigenvalue weighted by Crippen LogP contribution is 2.32. The summed E-state index contributed by atoms with van der Waals surface area (Å²) in [5.74, 6) is 1.32. The Kier molecular flexibility index (Phi) is 3.46. The number of hydrogen-bond donors (Lipinski definition) is 0. The van der Waals surface area contributed by atoms with Crippen LogP contribution in [0.25, 0.3) is 22.2 Å². The number of rotatable bonds is 2. The molecular weight excluding hydrogens is 330 g/mol. The predicted molar refractivity (Wildman–Crippen MR) is 98.4 cm³/mol. The molecule has 1 unspecified atom stereocenters. The number of aromatic nitrogens is 2. The van der Waals surface area contributed by atoms with Crippen molar-refractivity contribution in [1.29, 1.82) is 0 Å². The molecule has 2 aromatic heterocycles. The van der Waals surface area contributed by atoms with Crippen LogP contribution in [0.3, 0.4) is 0 Å². The summed E-state index contributed by atoms with van der Waals surface area (Å²) in [5, 5.41) is 0. The van der Waals surface area contributed by atoms with Crippen LogP contribution in [0.4, 0.5) is 5.69 Å². The lowest BCUT2D eigenvalue weighted by Crippen LogP contribution is -2.38. The van der Waals surface area contributed by atoms with Crippen LogP contribution in [-0.4, -0.2) is 29.7 Å². The summed E-state index contributed by atoms with van der Waals surface area (Å²) in [6, 6.07) is 11.9. The van der Waals surface area contributed by atoms with Crippen LogP contribution in [0, 0.1) is 13.8 Å². The van der Waals surface area contributed by atoms with E-state index >= 15 is 0 Å². The van der Waals surface area contributed by atoms with Gasteiger partial charge in [0.2, 0.25) is 5.89 Å². The predicted octanol–water partition coefficient (Wildman–Crippen LogP) is 4.16. The lowest BCUT2D eigenvalue weighted by atomic mass is 10.1. The minimum Gasteiger partial charge on any atom is -0.441 e. The smallest absolute Gasteiger partial charge is 0.226 e. The number of oxazole rings is 2. The Morgan fingerprint density at radius 1 is 1.00 bits per heavy atom. The van der Waals surface area contributed by atoms with E-state index in [0.29, 0.717) is 24.9 Å². The standard InChI is InChI=1S/C20H19N3O3/c1-12-15(7-8-17-19(12)21-13(2)25-17)23-9-10-24-18(11-23)20-22-14-5-3-4-6-16(14)26-20/h3-8,18H,9-11H2,1-2H3. The normalized spacial score (nSPS) is 18.1. The number of fused-ring (bicyclic) bond motifs is 2. The molecule has 1 aliphatic rings. The summed E-state index contributed by atoms with van der Waals surface area (Å²) in [6.45, 7) is 6.09. The number of anilines is 1. The number of para-hydroxylation sites is 2. The van der Waals surface area contributed by atoms with E-state index in [1.165, 1.54) is 0 Å². The van der Waals surface area contributed by atoms with Crippen molar-refractivity contribution >= 4 is 27.9 Å². The molecule has 2 aromatic carbocycles. The Morgan fingerprint density at radius 2 is 1.88 bits per heavy atom. The van der Waals surface area contributed by atoms with Gasteiger partial charge < -0.3 is 18.5 Å². The van der Waals surface area contributed by atoms with Crippen molar-refractivity contribution in [2.45, 2.75) is 20.0 Å². The average Bonchev–Trinajstić information content (AvgIpc) is 3.25. The van der Waals surface area contributed by atoms with E-state index in [1.54, 1.807) is 0 Å². The van der Waals surface area contributed by atoms with Crippen LogP contribution in [0.2, 0.25) is 0 Å². The number of morpholine rings is 1. The van der Waals surface area contributed by atoms with Crippen molar-refractivity contribution in [2.24, 2.45) is 0 Å². The molecule has 4 aromatic rings. The number of hydrogen-bond acceptors (Lipinski definition) is 6. The Labute approximate surface area is 150 Å². The van der Waals surface area contributed by atoms with Gasteiger partial charge in [-0.1, -0.05) is 12.1 Å².